The second-order valence-corrected chi connectivity index (χ2v) is 6.20. The van der Waals surface area contributed by atoms with Crippen molar-refractivity contribution >= 4 is 29.5 Å². The molecule has 0 atom stereocenters. The zero-order chi connectivity index (χ0) is 19.9. The Bertz CT molecular complexity index is 1010. The monoisotopic (exact) mass is 373 g/mol. The van der Waals surface area contributed by atoms with Crippen molar-refractivity contribution in [3.8, 4) is 0 Å². The van der Waals surface area contributed by atoms with E-state index >= 15 is 0 Å². The summed E-state index contributed by atoms with van der Waals surface area (Å²) in [5, 5.41) is 15.9. The van der Waals surface area contributed by atoms with Crippen LogP contribution < -0.4 is 10.7 Å². The van der Waals surface area contributed by atoms with Gasteiger partial charge in [-0.3, -0.25) is 10.2 Å². The fourth-order valence-electron chi connectivity index (χ4n) is 2.47. The number of nitrogens with one attached hydrogen (secondary N) is 2. The normalized spacial score (nSPS) is 10.6. The standard InChI is InChI=1S/C22H19N3O3/c1-15-5-7-17(8-6-15)21(26)24-20-4-2-3-16(13-20)14-23-25-19-11-9-18(10-12-19)22(27)28/h2-14,25H,1H3,(H,24,26)(H,27,28)/b23-14+. The third-order valence-electron chi connectivity index (χ3n) is 4.00. The molecule has 0 fully saturated rings. The van der Waals surface area contributed by atoms with Gasteiger partial charge in [0.15, 0.2) is 0 Å². The SMILES string of the molecule is Cc1ccc(C(=O)Nc2cccc(/C=N/Nc3ccc(C(=O)O)cc3)c2)cc1. The van der Waals surface area contributed by atoms with Crippen LogP contribution in [0.25, 0.3) is 0 Å². The van der Waals surface area contributed by atoms with E-state index < -0.39 is 5.97 Å². The lowest BCUT2D eigenvalue weighted by Gasteiger charge is -2.06. The second-order valence-electron chi connectivity index (χ2n) is 6.20. The first-order valence-electron chi connectivity index (χ1n) is 8.62. The van der Waals surface area contributed by atoms with Gasteiger partial charge in [0.25, 0.3) is 5.91 Å². The molecule has 0 radical (unpaired) electrons. The van der Waals surface area contributed by atoms with Crippen LogP contribution in [0.15, 0.2) is 77.9 Å². The Hall–Kier alpha value is -3.93. The minimum atomic E-state index is -0.973. The number of hydrogen-bond donors (Lipinski definition) is 3. The van der Waals surface area contributed by atoms with Crippen LogP contribution in [0.1, 0.15) is 31.8 Å². The maximum Gasteiger partial charge on any atom is 0.335 e. The number of aryl methyl sites for hydroxylation is 1. The Labute approximate surface area is 162 Å². The largest absolute Gasteiger partial charge is 0.478 e. The molecule has 6 heteroatoms. The zero-order valence-electron chi connectivity index (χ0n) is 15.2. The van der Waals surface area contributed by atoms with Gasteiger partial charge in [0.1, 0.15) is 0 Å². The summed E-state index contributed by atoms with van der Waals surface area (Å²) in [7, 11) is 0. The van der Waals surface area contributed by atoms with E-state index in [1.165, 1.54) is 12.1 Å². The first-order chi connectivity index (χ1) is 13.5. The van der Waals surface area contributed by atoms with Crippen molar-refractivity contribution in [3.63, 3.8) is 0 Å². The molecule has 1 amide bonds. The highest BCUT2D eigenvalue weighted by atomic mass is 16.4. The number of anilines is 2. The zero-order valence-corrected chi connectivity index (χ0v) is 15.2. The summed E-state index contributed by atoms with van der Waals surface area (Å²) >= 11 is 0. The van der Waals surface area contributed by atoms with Crippen LogP contribution in [-0.2, 0) is 0 Å². The van der Waals surface area contributed by atoms with E-state index in [1.807, 2.05) is 43.3 Å². The summed E-state index contributed by atoms with van der Waals surface area (Å²) in [6, 6.07) is 20.9. The number of amides is 1. The van der Waals surface area contributed by atoms with Crippen LogP contribution in [-0.4, -0.2) is 23.2 Å². The molecule has 0 aromatic heterocycles. The third-order valence-corrected chi connectivity index (χ3v) is 4.00. The van der Waals surface area contributed by atoms with Gasteiger partial charge in [-0.2, -0.15) is 5.10 Å². The summed E-state index contributed by atoms with van der Waals surface area (Å²) < 4.78 is 0. The van der Waals surface area contributed by atoms with E-state index in [1.54, 1.807) is 30.5 Å². The van der Waals surface area contributed by atoms with Crippen molar-refractivity contribution in [2.45, 2.75) is 6.92 Å². The minimum absolute atomic E-state index is 0.175. The minimum Gasteiger partial charge on any atom is -0.478 e. The van der Waals surface area contributed by atoms with Gasteiger partial charge in [-0.15, -0.1) is 0 Å². The highest BCUT2D eigenvalue weighted by Gasteiger charge is 2.05. The Kier molecular flexibility index (Phi) is 5.81. The predicted octanol–water partition coefficient (Wildman–Crippen LogP) is 4.39. The molecule has 0 aliphatic rings. The highest BCUT2D eigenvalue weighted by molar-refractivity contribution is 6.04. The molecule has 0 bridgehead atoms. The van der Waals surface area contributed by atoms with Crippen molar-refractivity contribution in [3.05, 3.63) is 95.1 Å². The van der Waals surface area contributed by atoms with Gasteiger partial charge in [-0.1, -0.05) is 29.8 Å². The first kappa shape index (κ1) is 18.8. The topological polar surface area (TPSA) is 90.8 Å². The van der Waals surface area contributed by atoms with Gasteiger partial charge in [0.05, 0.1) is 17.5 Å². The Morgan fingerprint density at radius 2 is 1.57 bits per heavy atom. The van der Waals surface area contributed by atoms with Gasteiger partial charge >= 0.3 is 5.97 Å². The van der Waals surface area contributed by atoms with Crippen LogP contribution in [0, 0.1) is 6.92 Å². The molecule has 0 unspecified atom stereocenters. The van der Waals surface area contributed by atoms with Crippen molar-refractivity contribution in [2.75, 3.05) is 10.7 Å². The highest BCUT2D eigenvalue weighted by Crippen LogP contribution is 2.13. The fourth-order valence-corrected chi connectivity index (χ4v) is 2.47. The Morgan fingerprint density at radius 3 is 2.25 bits per heavy atom. The van der Waals surface area contributed by atoms with Gasteiger partial charge in [0.2, 0.25) is 0 Å². The van der Waals surface area contributed by atoms with E-state index in [-0.39, 0.29) is 11.5 Å². The molecule has 0 aliphatic heterocycles. The second kappa shape index (κ2) is 8.64. The lowest BCUT2D eigenvalue weighted by molar-refractivity contribution is 0.0696. The molecule has 0 spiro atoms. The number of carbonyl (C=O) groups is 2. The smallest absolute Gasteiger partial charge is 0.335 e. The van der Waals surface area contributed by atoms with E-state index in [9.17, 15) is 9.59 Å². The molecule has 140 valence electrons. The van der Waals surface area contributed by atoms with Gasteiger partial charge < -0.3 is 10.4 Å². The molecular formula is C22H19N3O3. The van der Waals surface area contributed by atoms with E-state index in [4.69, 9.17) is 5.11 Å². The van der Waals surface area contributed by atoms with Crippen molar-refractivity contribution in [1.29, 1.82) is 0 Å². The van der Waals surface area contributed by atoms with Gasteiger partial charge in [0, 0.05) is 11.3 Å². The van der Waals surface area contributed by atoms with Crippen LogP contribution in [0.3, 0.4) is 0 Å². The maximum absolute atomic E-state index is 12.3. The molecule has 3 N–H and O–H groups in total. The fraction of sp³-hybridized carbons (Fsp3) is 0.0455. The average molecular weight is 373 g/mol. The Balaban J connectivity index is 1.62. The summed E-state index contributed by atoms with van der Waals surface area (Å²) in [5.41, 5.74) is 6.89. The molecule has 28 heavy (non-hydrogen) atoms. The van der Waals surface area contributed by atoms with Crippen LogP contribution in [0.2, 0.25) is 0 Å². The average Bonchev–Trinajstić information content (AvgIpc) is 2.69. The summed E-state index contributed by atoms with van der Waals surface area (Å²) in [6.07, 6.45) is 1.62. The molecule has 6 nitrogen and oxygen atoms in total. The summed E-state index contributed by atoms with van der Waals surface area (Å²) in [4.78, 5) is 23.2. The molecule has 0 heterocycles. The van der Waals surface area contributed by atoms with Crippen LogP contribution in [0.4, 0.5) is 11.4 Å². The predicted molar refractivity (Wildman–Crippen MR) is 110 cm³/mol. The van der Waals surface area contributed by atoms with E-state index in [0.717, 1.165) is 11.1 Å². The number of carboxylic acid groups (broad SMARTS) is 1. The number of aromatic carboxylic acids is 1. The number of hydrogen-bond acceptors (Lipinski definition) is 4. The molecule has 3 aromatic rings. The lowest BCUT2D eigenvalue weighted by Crippen LogP contribution is -2.11. The van der Waals surface area contributed by atoms with Crippen LogP contribution in [0.5, 0.6) is 0 Å². The van der Waals surface area contributed by atoms with E-state index in [2.05, 4.69) is 15.8 Å². The molecule has 3 aromatic carbocycles. The van der Waals surface area contributed by atoms with Gasteiger partial charge in [-0.25, -0.2) is 4.79 Å². The third kappa shape index (κ3) is 5.04. The molecule has 0 saturated heterocycles. The Morgan fingerprint density at radius 1 is 0.893 bits per heavy atom. The number of nitrogens with zero attached hydrogens (tertiary/aromatic N) is 1. The lowest BCUT2D eigenvalue weighted by atomic mass is 10.1. The quantitative estimate of drug-likeness (QED) is 0.441. The molecule has 3 rings (SSSR count). The summed E-state index contributed by atoms with van der Waals surface area (Å²) in [6.45, 7) is 1.97. The number of carbonyl (C=O) groups excluding carboxylic acids is 1. The number of benzene rings is 3. The van der Waals surface area contributed by atoms with E-state index in [0.29, 0.717) is 16.9 Å². The number of rotatable bonds is 6. The summed E-state index contributed by atoms with van der Waals surface area (Å²) in [5.74, 6) is -1.15. The van der Waals surface area contributed by atoms with Gasteiger partial charge in [-0.05, 0) is 61.0 Å². The van der Waals surface area contributed by atoms with Crippen molar-refractivity contribution < 1.29 is 14.7 Å². The van der Waals surface area contributed by atoms with Crippen LogP contribution >= 0.6 is 0 Å². The number of carboxylic acids is 1. The maximum atomic E-state index is 12.3. The molecular weight excluding hydrogens is 354 g/mol. The van der Waals surface area contributed by atoms with Crippen molar-refractivity contribution in [2.24, 2.45) is 5.10 Å². The van der Waals surface area contributed by atoms with Crippen molar-refractivity contribution in [1.82, 2.24) is 0 Å². The first-order valence-corrected chi connectivity index (χ1v) is 8.62. The number of hydrazone groups is 1. The molecule has 0 saturated carbocycles. The molecule has 0 aliphatic carbocycles.